The van der Waals surface area contributed by atoms with Crippen molar-refractivity contribution < 1.29 is 4.79 Å². The Kier molecular flexibility index (Phi) is 5.11. The van der Waals surface area contributed by atoms with Crippen molar-refractivity contribution in [3.8, 4) is 11.1 Å². The van der Waals surface area contributed by atoms with E-state index < -0.39 is 0 Å². The van der Waals surface area contributed by atoms with E-state index in [2.05, 4.69) is 30.4 Å². The number of carbonyl (C=O) groups is 1. The van der Waals surface area contributed by atoms with Gasteiger partial charge in [0.15, 0.2) is 0 Å². The second kappa shape index (κ2) is 7.85. The lowest BCUT2D eigenvalue weighted by atomic mass is 9.97. The maximum absolute atomic E-state index is 13.1. The highest BCUT2D eigenvalue weighted by molar-refractivity contribution is 6.02. The number of fused-ring (bicyclic) bond motifs is 1. The van der Waals surface area contributed by atoms with Gasteiger partial charge in [-0.15, -0.1) is 0 Å². The van der Waals surface area contributed by atoms with Gasteiger partial charge in [0.25, 0.3) is 11.5 Å². The molecular weight excluding hydrogens is 348 g/mol. The summed E-state index contributed by atoms with van der Waals surface area (Å²) in [4.78, 5) is 25.7. The maximum atomic E-state index is 13.1. The Morgan fingerprint density at radius 3 is 2.68 bits per heavy atom. The molecule has 0 bridgehead atoms. The Labute approximate surface area is 164 Å². The van der Waals surface area contributed by atoms with Crippen LogP contribution in [0, 0.1) is 6.92 Å². The summed E-state index contributed by atoms with van der Waals surface area (Å²) >= 11 is 0. The molecule has 1 N–H and O–H groups in total. The highest BCUT2D eigenvalue weighted by Gasteiger charge is 2.24. The molecule has 0 unspecified atom stereocenters. The van der Waals surface area contributed by atoms with E-state index in [1.807, 2.05) is 36.4 Å². The molecule has 1 amide bonds. The molecule has 0 fully saturated rings. The first kappa shape index (κ1) is 18.2. The van der Waals surface area contributed by atoms with Crippen molar-refractivity contribution in [2.75, 3.05) is 6.54 Å². The van der Waals surface area contributed by atoms with Crippen LogP contribution in [0.1, 0.15) is 33.6 Å². The standard InChI is InChI=1S/C24H24N2O2/c1-17-7-5-8-18(15-17)12-13-25-24(28)23-20(19-9-3-2-4-10-19)16-22(27)26-14-6-11-21(23)26/h2-5,7-10,15-16H,6,11-14H2,1H3,(H,25,28). The van der Waals surface area contributed by atoms with E-state index in [0.717, 1.165) is 36.1 Å². The molecule has 0 radical (unpaired) electrons. The van der Waals surface area contributed by atoms with E-state index in [1.165, 1.54) is 11.1 Å². The van der Waals surface area contributed by atoms with Crippen LogP contribution in [0.4, 0.5) is 0 Å². The van der Waals surface area contributed by atoms with Crippen molar-refractivity contribution in [1.29, 1.82) is 0 Å². The molecule has 4 heteroatoms. The second-order valence-corrected chi connectivity index (χ2v) is 7.33. The Morgan fingerprint density at radius 1 is 1.07 bits per heavy atom. The summed E-state index contributed by atoms with van der Waals surface area (Å²) in [6.45, 7) is 3.32. The molecule has 0 aliphatic carbocycles. The Morgan fingerprint density at radius 2 is 1.89 bits per heavy atom. The van der Waals surface area contributed by atoms with E-state index in [9.17, 15) is 9.59 Å². The molecule has 142 valence electrons. The van der Waals surface area contributed by atoms with Gasteiger partial charge in [-0.05, 0) is 37.3 Å². The number of hydrogen-bond donors (Lipinski definition) is 1. The third-order valence-electron chi connectivity index (χ3n) is 5.31. The molecule has 0 saturated carbocycles. The van der Waals surface area contributed by atoms with E-state index in [-0.39, 0.29) is 11.5 Å². The van der Waals surface area contributed by atoms with Crippen molar-refractivity contribution >= 4 is 5.91 Å². The summed E-state index contributed by atoms with van der Waals surface area (Å²) in [6.07, 6.45) is 2.44. The SMILES string of the molecule is Cc1cccc(CCNC(=O)c2c(-c3ccccc3)cc(=O)n3c2CCC3)c1. The van der Waals surface area contributed by atoms with Gasteiger partial charge in [0, 0.05) is 30.4 Å². The fourth-order valence-corrected chi connectivity index (χ4v) is 3.98. The largest absolute Gasteiger partial charge is 0.352 e. The number of pyridine rings is 1. The molecule has 28 heavy (non-hydrogen) atoms. The highest BCUT2D eigenvalue weighted by Crippen LogP contribution is 2.28. The van der Waals surface area contributed by atoms with Gasteiger partial charge < -0.3 is 9.88 Å². The van der Waals surface area contributed by atoms with Crippen molar-refractivity contribution in [1.82, 2.24) is 9.88 Å². The zero-order chi connectivity index (χ0) is 19.5. The van der Waals surface area contributed by atoms with E-state index >= 15 is 0 Å². The van der Waals surface area contributed by atoms with Crippen LogP contribution in [0.3, 0.4) is 0 Å². The van der Waals surface area contributed by atoms with Gasteiger partial charge in [-0.2, -0.15) is 0 Å². The smallest absolute Gasteiger partial charge is 0.253 e. The average Bonchev–Trinajstić information content (AvgIpc) is 3.19. The summed E-state index contributed by atoms with van der Waals surface area (Å²) in [5.41, 5.74) is 5.54. The maximum Gasteiger partial charge on any atom is 0.253 e. The number of aromatic nitrogens is 1. The van der Waals surface area contributed by atoms with E-state index in [4.69, 9.17) is 0 Å². The quantitative estimate of drug-likeness (QED) is 0.742. The summed E-state index contributed by atoms with van der Waals surface area (Å²) in [7, 11) is 0. The molecule has 0 atom stereocenters. The molecule has 2 aromatic carbocycles. The molecule has 1 aliphatic rings. The number of amides is 1. The third kappa shape index (κ3) is 3.63. The Hall–Kier alpha value is -3.14. The topological polar surface area (TPSA) is 51.1 Å². The molecular formula is C24H24N2O2. The van der Waals surface area contributed by atoms with Crippen LogP contribution in [-0.2, 0) is 19.4 Å². The number of rotatable bonds is 5. The molecule has 1 aliphatic heterocycles. The van der Waals surface area contributed by atoms with Crippen molar-refractivity contribution in [3.63, 3.8) is 0 Å². The first-order valence-corrected chi connectivity index (χ1v) is 9.79. The minimum Gasteiger partial charge on any atom is -0.352 e. The fourth-order valence-electron chi connectivity index (χ4n) is 3.98. The van der Waals surface area contributed by atoms with Crippen LogP contribution in [0.25, 0.3) is 11.1 Å². The second-order valence-electron chi connectivity index (χ2n) is 7.33. The first-order valence-electron chi connectivity index (χ1n) is 9.79. The minimum atomic E-state index is -0.0999. The molecule has 0 spiro atoms. The fraction of sp³-hybridized carbons (Fsp3) is 0.250. The average molecular weight is 372 g/mol. The summed E-state index contributed by atoms with van der Waals surface area (Å²) < 4.78 is 1.75. The molecule has 3 aromatic rings. The third-order valence-corrected chi connectivity index (χ3v) is 5.31. The zero-order valence-electron chi connectivity index (χ0n) is 16.1. The van der Waals surface area contributed by atoms with Gasteiger partial charge in [0.2, 0.25) is 0 Å². The summed E-state index contributed by atoms with van der Waals surface area (Å²) in [5.74, 6) is -0.0999. The van der Waals surface area contributed by atoms with Crippen molar-refractivity contribution in [2.24, 2.45) is 0 Å². The highest BCUT2D eigenvalue weighted by atomic mass is 16.2. The van der Waals surface area contributed by atoms with E-state index in [1.54, 1.807) is 10.6 Å². The molecule has 1 aromatic heterocycles. The number of aryl methyl sites for hydroxylation is 1. The first-order chi connectivity index (χ1) is 13.6. The van der Waals surface area contributed by atoms with Crippen LogP contribution < -0.4 is 10.9 Å². The van der Waals surface area contributed by atoms with Crippen molar-refractivity contribution in [3.05, 3.63) is 93.4 Å². The monoisotopic (exact) mass is 372 g/mol. The normalized spacial score (nSPS) is 12.6. The van der Waals surface area contributed by atoms with Crippen molar-refractivity contribution in [2.45, 2.75) is 32.7 Å². The van der Waals surface area contributed by atoms with Crippen LogP contribution >= 0.6 is 0 Å². The molecule has 2 heterocycles. The molecule has 4 nitrogen and oxygen atoms in total. The number of nitrogens with one attached hydrogen (secondary N) is 1. The van der Waals surface area contributed by atoms with Gasteiger partial charge >= 0.3 is 0 Å². The predicted molar refractivity (Wildman–Crippen MR) is 112 cm³/mol. The van der Waals surface area contributed by atoms with Gasteiger partial charge in [-0.1, -0.05) is 60.2 Å². The molecule has 0 saturated heterocycles. The van der Waals surface area contributed by atoms with E-state index in [0.29, 0.717) is 18.7 Å². The van der Waals surface area contributed by atoms with Crippen LogP contribution in [0.2, 0.25) is 0 Å². The minimum absolute atomic E-state index is 0.0253. The Balaban J connectivity index is 1.63. The van der Waals surface area contributed by atoms with Gasteiger partial charge in [-0.25, -0.2) is 0 Å². The number of nitrogens with zero attached hydrogens (tertiary/aromatic N) is 1. The van der Waals surface area contributed by atoms with Crippen LogP contribution in [0.15, 0.2) is 65.5 Å². The van der Waals surface area contributed by atoms with Gasteiger partial charge in [0.05, 0.1) is 5.56 Å². The Bertz CT molecular complexity index is 1070. The number of hydrogen-bond acceptors (Lipinski definition) is 2. The lowest BCUT2D eigenvalue weighted by Gasteiger charge is -2.15. The lowest BCUT2D eigenvalue weighted by molar-refractivity contribution is 0.0953. The summed E-state index contributed by atoms with van der Waals surface area (Å²) in [5, 5.41) is 3.07. The number of benzene rings is 2. The summed E-state index contributed by atoms with van der Waals surface area (Å²) in [6, 6.07) is 19.6. The number of carbonyl (C=O) groups excluding carboxylic acids is 1. The molecule has 4 rings (SSSR count). The predicted octanol–water partition coefficient (Wildman–Crippen LogP) is 3.74. The lowest BCUT2D eigenvalue weighted by Crippen LogP contribution is -2.30. The van der Waals surface area contributed by atoms with Gasteiger partial charge in [-0.3, -0.25) is 9.59 Å². The van der Waals surface area contributed by atoms with Crippen LogP contribution in [-0.4, -0.2) is 17.0 Å². The zero-order valence-corrected chi connectivity index (χ0v) is 16.1. The van der Waals surface area contributed by atoms with Gasteiger partial charge in [0.1, 0.15) is 0 Å². The van der Waals surface area contributed by atoms with Crippen LogP contribution in [0.5, 0.6) is 0 Å².